The summed E-state index contributed by atoms with van der Waals surface area (Å²) in [6, 6.07) is 0. The number of carbonyl (C=O) groups is 2. The molecule has 0 heterocycles. The van der Waals surface area contributed by atoms with Gasteiger partial charge in [-0.05, 0) is 0 Å². The van der Waals surface area contributed by atoms with Gasteiger partial charge in [0.05, 0.1) is 132 Å². The Morgan fingerprint density at radius 3 is 1.00 bits per heavy atom. The van der Waals surface area contributed by atoms with Crippen molar-refractivity contribution in [3.8, 4) is 0 Å². The van der Waals surface area contributed by atoms with E-state index in [0.29, 0.717) is 132 Å². The smallest absolute Gasteiger partial charge is 0.329 e. The number of rotatable bonds is 36. The van der Waals surface area contributed by atoms with Crippen molar-refractivity contribution in [3.05, 3.63) is 0 Å². The topological polar surface area (TPSA) is 168 Å². The average Bonchev–Trinajstić information content (AvgIpc) is 2.97. The van der Waals surface area contributed by atoms with E-state index in [1.165, 1.54) is 0 Å². The standard InChI is InChI=1S/C26H50FNO14/c27-1-3-32-5-7-34-9-11-36-13-15-38-17-19-40-21-22-41-20-18-39-16-14-37-12-10-35-8-6-33-4-2-28-25(29)23-42-24-26(30)31/h1-24H2,(H,28,29)(H,30,31). The summed E-state index contributed by atoms with van der Waals surface area (Å²) in [4.78, 5) is 21.6. The minimum Gasteiger partial charge on any atom is -0.480 e. The lowest BCUT2D eigenvalue weighted by atomic mass is 10.6. The predicted molar refractivity (Wildman–Crippen MR) is 146 cm³/mol. The second-order valence-electron chi connectivity index (χ2n) is 8.05. The van der Waals surface area contributed by atoms with Gasteiger partial charge in [0.15, 0.2) is 0 Å². The van der Waals surface area contributed by atoms with Gasteiger partial charge >= 0.3 is 5.97 Å². The van der Waals surface area contributed by atoms with Gasteiger partial charge in [-0.25, -0.2) is 9.18 Å². The molecule has 1 amide bonds. The molecule has 0 aliphatic rings. The molecule has 0 atom stereocenters. The van der Waals surface area contributed by atoms with Crippen molar-refractivity contribution in [2.45, 2.75) is 0 Å². The van der Waals surface area contributed by atoms with Crippen LogP contribution in [0.2, 0.25) is 0 Å². The Balaban J connectivity index is 3.08. The first-order valence-electron chi connectivity index (χ1n) is 14.1. The highest BCUT2D eigenvalue weighted by Crippen LogP contribution is 1.87. The van der Waals surface area contributed by atoms with Crippen molar-refractivity contribution in [2.75, 3.05) is 159 Å². The van der Waals surface area contributed by atoms with Gasteiger partial charge in [-0.2, -0.15) is 0 Å². The fourth-order valence-corrected chi connectivity index (χ4v) is 2.68. The van der Waals surface area contributed by atoms with E-state index >= 15 is 0 Å². The third-order valence-electron chi connectivity index (χ3n) is 4.60. The number of ether oxygens (including phenoxy) is 11. The van der Waals surface area contributed by atoms with Crippen molar-refractivity contribution >= 4 is 11.9 Å². The summed E-state index contributed by atoms with van der Waals surface area (Å²) in [7, 11) is 0. The van der Waals surface area contributed by atoms with E-state index in [4.69, 9.17) is 52.5 Å². The molecule has 15 nitrogen and oxygen atoms in total. The van der Waals surface area contributed by atoms with Crippen LogP contribution < -0.4 is 5.32 Å². The molecule has 250 valence electrons. The van der Waals surface area contributed by atoms with Gasteiger partial charge in [0.25, 0.3) is 0 Å². The first kappa shape index (κ1) is 40.4. The third kappa shape index (κ3) is 36.5. The number of alkyl halides is 1. The summed E-state index contributed by atoms with van der Waals surface area (Å²) in [5.41, 5.74) is 0. The molecule has 0 aromatic carbocycles. The molecule has 0 spiro atoms. The number of carboxylic acids is 1. The van der Waals surface area contributed by atoms with Gasteiger partial charge in [-0.3, -0.25) is 4.79 Å². The van der Waals surface area contributed by atoms with Gasteiger partial charge in [-0.1, -0.05) is 0 Å². The Kier molecular flexibility index (Phi) is 34.3. The molecule has 0 aliphatic carbocycles. The minimum absolute atomic E-state index is 0.104. The van der Waals surface area contributed by atoms with Crippen LogP contribution >= 0.6 is 0 Å². The Hall–Kier alpha value is -1.57. The van der Waals surface area contributed by atoms with Crippen LogP contribution in [-0.2, 0) is 61.7 Å². The van der Waals surface area contributed by atoms with E-state index in [2.05, 4.69) is 10.1 Å². The number of carbonyl (C=O) groups excluding carboxylic acids is 1. The molecule has 0 saturated carbocycles. The van der Waals surface area contributed by atoms with Crippen molar-refractivity contribution in [1.29, 1.82) is 0 Å². The molecule has 2 N–H and O–H groups in total. The zero-order valence-corrected chi connectivity index (χ0v) is 24.6. The maximum Gasteiger partial charge on any atom is 0.329 e. The molecule has 16 heteroatoms. The second kappa shape index (κ2) is 35.6. The fraction of sp³-hybridized carbons (Fsp3) is 0.923. The Bertz CT molecular complexity index is 579. The second-order valence-corrected chi connectivity index (χ2v) is 8.05. The molecule has 0 aromatic rings. The quantitative estimate of drug-likeness (QED) is 0.0848. The zero-order valence-electron chi connectivity index (χ0n) is 24.6. The number of hydrogen-bond donors (Lipinski definition) is 2. The Morgan fingerprint density at radius 1 is 0.429 bits per heavy atom. The molecule has 0 saturated heterocycles. The van der Waals surface area contributed by atoms with Crippen LogP contribution in [0.15, 0.2) is 0 Å². The summed E-state index contributed by atoms with van der Waals surface area (Å²) in [5, 5.41) is 10.9. The SMILES string of the molecule is O=C(O)COCC(=O)NCCOCCOCCOCCOCCOCCOCCOCCOCCOCCOCCF. The number of hydrogen-bond acceptors (Lipinski definition) is 13. The molecule has 0 radical (unpaired) electrons. The van der Waals surface area contributed by atoms with Crippen LogP contribution in [0.4, 0.5) is 4.39 Å². The summed E-state index contributed by atoms with van der Waals surface area (Å²) >= 11 is 0. The van der Waals surface area contributed by atoms with E-state index in [1.54, 1.807) is 0 Å². The van der Waals surface area contributed by atoms with Gasteiger partial charge in [0, 0.05) is 6.54 Å². The molecule has 42 heavy (non-hydrogen) atoms. The number of nitrogens with one attached hydrogen (secondary N) is 1. The van der Waals surface area contributed by atoms with E-state index in [0.717, 1.165) is 0 Å². The molecule has 0 aliphatic heterocycles. The first-order chi connectivity index (χ1) is 20.7. The molecule has 0 rings (SSSR count). The summed E-state index contributed by atoms with van der Waals surface area (Å²) in [6.45, 7) is 7.50. The molecular weight excluding hydrogens is 569 g/mol. The van der Waals surface area contributed by atoms with Crippen molar-refractivity contribution in [2.24, 2.45) is 0 Å². The average molecular weight is 620 g/mol. The minimum atomic E-state index is -1.13. The largest absolute Gasteiger partial charge is 0.480 e. The van der Waals surface area contributed by atoms with Crippen LogP contribution in [0, 0.1) is 0 Å². The Labute approximate surface area is 247 Å². The zero-order chi connectivity index (χ0) is 30.6. The summed E-state index contributed by atoms with van der Waals surface area (Å²) in [6.07, 6.45) is 0. The number of halogens is 1. The number of aliphatic carboxylic acids is 1. The first-order valence-corrected chi connectivity index (χ1v) is 14.1. The van der Waals surface area contributed by atoms with E-state index in [9.17, 15) is 14.0 Å². The van der Waals surface area contributed by atoms with E-state index in [-0.39, 0.29) is 13.2 Å². The molecule has 0 fully saturated rings. The van der Waals surface area contributed by atoms with Crippen molar-refractivity contribution in [1.82, 2.24) is 5.32 Å². The van der Waals surface area contributed by atoms with E-state index in [1.807, 2.05) is 0 Å². The lowest BCUT2D eigenvalue weighted by Crippen LogP contribution is -2.31. The van der Waals surface area contributed by atoms with Crippen molar-refractivity contribution < 1.29 is 71.2 Å². The molecular formula is C26H50FNO14. The molecule has 0 bridgehead atoms. The van der Waals surface area contributed by atoms with Crippen LogP contribution in [0.3, 0.4) is 0 Å². The van der Waals surface area contributed by atoms with E-state index < -0.39 is 25.2 Å². The normalized spacial score (nSPS) is 11.3. The summed E-state index contributed by atoms with van der Waals surface area (Å²) < 4.78 is 69.8. The maximum absolute atomic E-state index is 11.8. The lowest BCUT2D eigenvalue weighted by Gasteiger charge is -2.09. The highest BCUT2D eigenvalue weighted by Gasteiger charge is 2.03. The van der Waals surface area contributed by atoms with Gasteiger partial charge < -0.3 is 62.5 Å². The number of amides is 1. The van der Waals surface area contributed by atoms with Crippen LogP contribution in [0.1, 0.15) is 0 Å². The van der Waals surface area contributed by atoms with Gasteiger partial charge in [-0.15, -0.1) is 0 Å². The third-order valence-corrected chi connectivity index (χ3v) is 4.60. The molecule has 0 aromatic heterocycles. The highest BCUT2D eigenvalue weighted by atomic mass is 19.1. The highest BCUT2D eigenvalue weighted by molar-refractivity contribution is 5.77. The van der Waals surface area contributed by atoms with Crippen LogP contribution in [0.5, 0.6) is 0 Å². The fourth-order valence-electron chi connectivity index (χ4n) is 2.68. The predicted octanol–water partition coefficient (Wildman–Crippen LogP) is -0.661. The Morgan fingerprint density at radius 2 is 0.714 bits per heavy atom. The summed E-state index contributed by atoms with van der Waals surface area (Å²) in [5.74, 6) is -1.53. The van der Waals surface area contributed by atoms with Crippen LogP contribution in [-0.4, -0.2) is 176 Å². The lowest BCUT2D eigenvalue weighted by molar-refractivity contribution is -0.143. The van der Waals surface area contributed by atoms with Gasteiger partial charge in [0.1, 0.15) is 19.9 Å². The maximum atomic E-state index is 11.8. The monoisotopic (exact) mass is 619 g/mol. The van der Waals surface area contributed by atoms with Crippen molar-refractivity contribution in [3.63, 3.8) is 0 Å². The number of carboxylic acid groups (broad SMARTS) is 1. The van der Waals surface area contributed by atoms with Gasteiger partial charge in [0.2, 0.25) is 5.91 Å². The van der Waals surface area contributed by atoms with Crippen LogP contribution in [0.25, 0.3) is 0 Å². The molecule has 0 unspecified atom stereocenters.